The maximum absolute atomic E-state index is 12.0. The Labute approximate surface area is 147 Å². The molecule has 2 aromatic carbocycles. The van der Waals surface area contributed by atoms with Crippen LogP contribution in [0.4, 0.5) is 11.4 Å². The number of rotatable bonds is 5. The summed E-state index contributed by atoms with van der Waals surface area (Å²) in [4.78, 5) is 22.2. The summed E-state index contributed by atoms with van der Waals surface area (Å²) in [5.74, 6) is -0.228. The van der Waals surface area contributed by atoms with Crippen molar-refractivity contribution in [3.63, 3.8) is 0 Å². The van der Waals surface area contributed by atoms with Crippen LogP contribution in [0.1, 0.15) is 5.56 Å². The Bertz CT molecular complexity index is 822. The number of non-ortho nitro benzene ring substituents is 1. The van der Waals surface area contributed by atoms with Gasteiger partial charge < -0.3 is 10.1 Å². The van der Waals surface area contributed by atoms with Crippen molar-refractivity contribution in [2.75, 3.05) is 12.4 Å². The van der Waals surface area contributed by atoms with E-state index in [1.54, 1.807) is 24.3 Å². The molecule has 0 unspecified atom stereocenters. The quantitative estimate of drug-likeness (QED) is 0.477. The molecular weight excluding hydrogens is 355 g/mol. The Morgan fingerprint density at radius 3 is 2.58 bits per heavy atom. The van der Waals surface area contributed by atoms with Crippen LogP contribution in [-0.4, -0.2) is 17.9 Å². The molecule has 0 fully saturated rings. The summed E-state index contributed by atoms with van der Waals surface area (Å²) in [6, 6.07) is 8.88. The molecule has 2 rings (SSSR count). The van der Waals surface area contributed by atoms with Gasteiger partial charge in [-0.2, -0.15) is 0 Å². The number of nitrogens with zero attached hydrogens (tertiary/aromatic N) is 1. The standard InChI is InChI=1S/C16H12Cl2N2O4/c1-24-15-9-11(20(22)23)4-6-14(15)19-16(21)7-3-10-2-5-12(17)13(18)8-10/h2-9H,1H3,(H,19,21). The van der Waals surface area contributed by atoms with E-state index in [0.717, 1.165) is 0 Å². The Hall–Kier alpha value is -2.57. The number of hydrogen-bond acceptors (Lipinski definition) is 4. The molecule has 24 heavy (non-hydrogen) atoms. The molecule has 1 amide bonds. The van der Waals surface area contributed by atoms with Crippen molar-refractivity contribution < 1.29 is 14.5 Å². The smallest absolute Gasteiger partial charge is 0.273 e. The maximum Gasteiger partial charge on any atom is 0.273 e. The predicted molar refractivity (Wildman–Crippen MR) is 93.8 cm³/mol. The zero-order valence-corrected chi connectivity index (χ0v) is 14.0. The van der Waals surface area contributed by atoms with Crippen molar-refractivity contribution in [2.45, 2.75) is 0 Å². The zero-order valence-electron chi connectivity index (χ0n) is 12.5. The fraction of sp³-hybridized carbons (Fsp3) is 0.0625. The molecule has 0 aliphatic rings. The second-order valence-corrected chi connectivity index (χ2v) is 5.45. The van der Waals surface area contributed by atoms with Gasteiger partial charge in [-0.05, 0) is 29.8 Å². The zero-order chi connectivity index (χ0) is 17.7. The average Bonchev–Trinajstić information content (AvgIpc) is 2.56. The van der Waals surface area contributed by atoms with Crippen molar-refractivity contribution in [1.29, 1.82) is 0 Å². The van der Waals surface area contributed by atoms with Crippen molar-refractivity contribution in [3.05, 3.63) is 68.2 Å². The fourth-order valence-corrected chi connectivity index (χ4v) is 2.17. The summed E-state index contributed by atoms with van der Waals surface area (Å²) < 4.78 is 5.05. The number of nitro benzene ring substituents is 1. The minimum atomic E-state index is -0.543. The molecule has 0 radical (unpaired) electrons. The lowest BCUT2D eigenvalue weighted by Crippen LogP contribution is -2.09. The summed E-state index contributed by atoms with van der Waals surface area (Å²) in [6.07, 6.45) is 2.87. The molecule has 1 N–H and O–H groups in total. The third-order valence-electron chi connectivity index (χ3n) is 3.02. The van der Waals surface area contributed by atoms with Gasteiger partial charge in [-0.1, -0.05) is 29.3 Å². The molecule has 0 spiro atoms. The molecule has 0 aliphatic carbocycles. The summed E-state index contributed by atoms with van der Waals surface area (Å²) in [5.41, 5.74) is 0.901. The lowest BCUT2D eigenvalue weighted by atomic mass is 10.2. The van der Waals surface area contributed by atoms with Crippen LogP contribution in [0.5, 0.6) is 5.75 Å². The normalized spacial score (nSPS) is 10.6. The molecule has 0 heterocycles. The second-order valence-electron chi connectivity index (χ2n) is 4.64. The molecule has 2 aromatic rings. The van der Waals surface area contributed by atoms with Gasteiger partial charge in [0.1, 0.15) is 5.75 Å². The Morgan fingerprint density at radius 2 is 1.96 bits per heavy atom. The van der Waals surface area contributed by atoms with Crippen molar-refractivity contribution >= 4 is 46.6 Å². The van der Waals surface area contributed by atoms with E-state index in [1.165, 1.54) is 31.4 Å². The molecule has 0 aromatic heterocycles. The van der Waals surface area contributed by atoms with Gasteiger partial charge in [0.2, 0.25) is 5.91 Å². The fourth-order valence-electron chi connectivity index (χ4n) is 1.86. The first-order chi connectivity index (χ1) is 11.4. The number of methoxy groups -OCH3 is 1. The summed E-state index contributed by atoms with van der Waals surface area (Å²) in [6.45, 7) is 0. The summed E-state index contributed by atoms with van der Waals surface area (Å²) >= 11 is 11.7. The number of amides is 1. The van der Waals surface area contributed by atoms with E-state index in [2.05, 4.69) is 5.32 Å². The topological polar surface area (TPSA) is 81.5 Å². The number of nitro groups is 1. The van der Waals surface area contributed by atoms with Crippen LogP contribution in [0.15, 0.2) is 42.5 Å². The van der Waals surface area contributed by atoms with Gasteiger partial charge in [0.25, 0.3) is 5.69 Å². The van der Waals surface area contributed by atoms with Crippen molar-refractivity contribution in [1.82, 2.24) is 0 Å². The van der Waals surface area contributed by atoms with Gasteiger partial charge in [0.05, 0.1) is 33.8 Å². The summed E-state index contributed by atoms with van der Waals surface area (Å²) in [7, 11) is 1.36. The molecule has 0 bridgehead atoms. The molecule has 0 aliphatic heterocycles. The van der Waals surface area contributed by atoms with Gasteiger partial charge >= 0.3 is 0 Å². The highest BCUT2D eigenvalue weighted by Gasteiger charge is 2.12. The van der Waals surface area contributed by atoms with Gasteiger partial charge in [0, 0.05) is 12.1 Å². The van der Waals surface area contributed by atoms with Crippen molar-refractivity contribution in [2.24, 2.45) is 0 Å². The number of nitrogens with one attached hydrogen (secondary N) is 1. The number of anilines is 1. The van der Waals surface area contributed by atoms with Gasteiger partial charge in [0.15, 0.2) is 0 Å². The maximum atomic E-state index is 12.0. The predicted octanol–water partition coefficient (Wildman–Crippen LogP) is 4.56. The van der Waals surface area contributed by atoms with E-state index in [9.17, 15) is 14.9 Å². The average molecular weight is 367 g/mol. The van der Waals surface area contributed by atoms with Gasteiger partial charge in [-0.3, -0.25) is 14.9 Å². The minimum absolute atomic E-state index is 0.129. The number of carbonyl (C=O) groups is 1. The highest BCUT2D eigenvalue weighted by molar-refractivity contribution is 6.42. The molecule has 8 heteroatoms. The number of carbonyl (C=O) groups excluding carboxylic acids is 1. The highest BCUT2D eigenvalue weighted by atomic mass is 35.5. The molecule has 0 saturated heterocycles. The van der Waals surface area contributed by atoms with E-state index >= 15 is 0 Å². The SMILES string of the molecule is COc1cc([N+](=O)[O-])ccc1NC(=O)C=Cc1ccc(Cl)c(Cl)c1. The van der Waals surface area contributed by atoms with Crippen LogP contribution in [-0.2, 0) is 4.79 Å². The lowest BCUT2D eigenvalue weighted by Gasteiger charge is -2.08. The summed E-state index contributed by atoms with van der Waals surface area (Å²) in [5, 5.41) is 14.1. The lowest BCUT2D eigenvalue weighted by molar-refractivity contribution is -0.384. The van der Waals surface area contributed by atoms with Crippen LogP contribution < -0.4 is 10.1 Å². The van der Waals surface area contributed by atoms with Crippen LogP contribution in [0, 0.1) is 10.1 Å². The first kappa shape index (κ1) is 17.8. The molecule has 6 nitrogen and oxygen atoms in total. The van der Waals surface area contributed by atoms with Crippen LogP contribution >= 0.6 is 23.2 Å². The number of hydrogen-bond donors (Lipinski definition) is 1. The molecule has 0 saturated carbocycles. The highest BCUT2D eigenvalue weighted by Crippen LogP contribution is 2.29. The molecule has 0 atom stereocenters. The minimum Gasteiger partial charge on any atom is -0.494 e. The Balaban J connectivity index is 2.13. The van der Waals surface area contributed by atoms with Crippen LogP contribution in [0.3, 0.4) is 0 Å². The Morgan fingerprint density at radius 1 is 1.21 bits per heavy atom. The van der Waals surface area contributed by atoms with E-state index < -0.39 is 10.8 Å². The Kier molecular flexibility index (Phi) is 5.78. The van der Waals surface area contributed by atoms with E-state index in [0.29, 0.717) is 21.3 Å². The van der Waals surface area contributed by atoms with Gasteiger partial charge in [-0.15, -0.1) is 0 Å². The first-order valence-corrected chi connectivity index (χ1v) is 7.43. The van der Waals surface area contributed by atoms with E-state index in [4.69, 9.17) is 27.9 Å². The number of benzene rings is 2. The number of halogens is 2. The first-order valence-electron chi connectivity index (χ1n) is 6.67. The third-order valence-corrected chi connectivity index (χ3v) is 3.76. The van der Waals surface area contributed by atoms with E-state index in [1.807, 2.05) is 0 Å². The second kappa shape index (κ2) is 7.81. The molecule has 124 valence electrons. The van der Waals surface area contributed by atoms with Crippen LogP contribution in [0.2, 0.25) is 10.0 Å². The third kappa shape index (κ3) is 4.47. The van der Waals surface area contributed by atoms with Crippen LogP contribution in [0.25, 0.3) is 6.08 Å². The monoisotopic (exact) mass is 366 g/mol. The molecular formula is C16H12Cl2N2O4. The number of ether oxygens (including phenoxy) is 1. The largest absolute Gasteiger partial charge is 0.494 e. The van der Waals surface area contributed by atoms with Gasteiger partial charge in [-0.25, -0.2) is 0 Å². The van der Waals surface area contributed by atoms with Crippen molar-refractivity contribution in [3.8, 4) is 5.75 Å². The van der Waals surface area contributed by atoms with E-state index in [-0.39, 0.29) is 11.4 Å².